The summed E-state index contributed by atoms with van der Waals surface area (Å²) in [5, 5.41) is 15.3. The van der Waals surface area contributed by atoms with Gasteiger partial charge < -0.3 is 25.2 Å². The van der Waals surface area contributed by atoms with E-state index in [1.54, 1.807) is 42.5 Å². The minimum atomic E-state index is -0.946. The Morgan fingerprint density at radius 1 is 0.824 bits per heavy atom. The summed E-state index contributed by atoms with van der Waals surface area (Å²) in [7, 11) is 0. The smallest absolute Gasteiger partial charge is 0.309 e. The number of fused-ring (bicyclic) bond motifs is 2. The summed E-state index contributed by atoms with van der Waals surface area (Å²) in [5.41, 5.74) is 3.06. The normalized spacial score (nSPS) is 18.0. The van der Waals surface area contributed by atoms with Crippen molar-refractivity contribution in [3.63, 3.8) is 0 Å². The average molecular weight is 458 g/mol. The lowest BCUT2D eigenvalue weighted by Gasteiger charge is -2.19. The maximum Gasteiger partial charge on any atom is 0.309 e. The van der Waals surface area contributed by atoms with Crippen LogP contribution in [0.25, 0.3) is 0 Å². The number of rotatable bonds is 5. The van der Waals surface area contributed by atoms with Crippen LogP contribution in [0.1, 0.15) is 37.9 Å². The average Bonchev–Trinajstić information content (AvgIpc) is 3.23. The number of ether oxygens (including phenoxy) is 2. The number of carboxylic acids is 1. The lowest BCUT2D eigenvalue weighted by Crippen LogP contribution is -2.34. The monoisotopic (exact) mass is 458 g/mol. The van der Waals surface area contributed by atoms with Crippen molar-refractivity contribution in [3.05, 3.63) is 89.0 Å². The number of benzene rings is 3. The molecular weight excluding hydrogens is 436 g/mol. The van der Waals surface area contributed by atoms with Gasteiger partial charge in [-0.15, -0.1) is 0 Å². The van der Waals surface area contributed by atoms with Crippen molar-refractivity contribution in [1.29, 1.82) is 0 Å². The lowest BCUT2D eigenvalue weighted by atomic mass is 10.00. The second-order valence-corrected chi connectivity index (χ2v) is 8.19. The Labute approximate surface area is 195 Å². The molecule has 5 rings (SSSR count). The molecule has 0 unspecified atom stereocenters. The van der Waals surface area contributed by atoms with E-state index in [0.717, 1.165) is 11.1 Å². The fourth-order valence-corrected chi connectivity index (χ4v) is 4.32. The van der Waals surface area contributed by atoms with Crippen LogP contribution in [0.3, 0.4) is 0 Å². The minimum Gasteiger partial charge on any atom is -0.486 e. The van der Waals surface area contributed by atoms with Gasteiger partial charge in [-0.05, 0) is 60.0 Å². The molecule has 0 saturated heterocycles. The first kappa shape index (κ1) is 21.5. The van der Waals surface area contributed by atoms with Crippen LogP contribution in [0.2, 0.25) is 0 Å². The highest BCUT2D eigenvalue weighted by Gasteiger charge is 2.38. The molecule has 3 aromatic rings. The third kappa shape index (κ3) is 4.17. The molecule has 0 fully saturated rings. The Kier molecular flexibility index (Phi) is 5.63. The number of hydrogen-bond donors (Lipinski definition) is 3. The molecule has 8 nitrogen and oxygen atoms in total. The number of carboxylic acid groups (broad SMARTS) is 1. The second-order valence-electron chi connectivity index (χ2n) is 8.19. The van der Waals surface area contributed by atoms with Gasteiger partial charge in [-0.3, -0.25) is 14.4 Å². The number of carbonyl (C=O) groups is 3. The summed E-state index contributed by atoms with van der Waals surface area (Å²) < 4.78 is 11.0. The van der Waals surface area contributed by atoms with Crippen LogP contribution >= 0.6 is 0 Å². The van der Waals surface area contributed by atoms with E-state index in [4.69, 9.17) is 9.47 Å². The van der Waals surface area contributed by atoms with Gasteiger partial charge in [0.25, 0.3) is 11.8 Å². The van der Waals surface area contributed by atoms with E-state index in [2.05, 4.69) is 10.6 Å². The molecule has 1 aliphatic carbocycles. The predicted octanol–water partition coefficient (Wildman–Crippen LogP) is 3.44. The van der Waals surface area contributed by atoms with Crippen molar-refractivity contribution in [3.8, 4) is 11.5 Å². The Bertz CT molecular complexity index is 1270. The lowest BCUT2D eigenvalue weighted by molar-refractivity contribution is -0.142. The number of anilines is 1. The van der Waals surface area contributed by atoms with E-state index in [1.165, 1.54) is 0 Å². The standard InChI is InChI=1S/C26H22N2O6/c29-24(28-23-19-4-2-1-3-16(19)13-20(23)26(31)32)15-5-8-18(9-6-15)27-25(30)17-7-10-21-22(14-17)34-12-11-33-21/h1-10,14,20,23H,11-13H2,(H,27,30)(H,28,29)(H,31,32)/t20-,23+/m0/s1. The van der Waals surface area contributed by atoms with Crippen LogP contribution in [0.5, 0.6) is 11.5 Å². The third-order valence-corrected chi connectivity index (χ3v) is 6.05. The Morgan fingerprint density at radius 2 is 1.53 bits per heavy atom. The van der Waals surface area contributed by atoms with E-state index in [0.29, 0.717) is 47.9 Å². The van der Waals surface area contributed by atoms with Crippen LogP contribution in [0.15, 0.2) is 66.7 Å². The maximum atomic E-state index is 12.9. The summed E-state index contributed by atoms with van der Waals surface area (Å²) in [6.07, 6.45) is 0.376. The van der Waals surface area contributed by atoms with E-state index < -0.39 is 17.9 Å². The van der Waals surface area contributed by atoms with Gasteiger partial charge in [0, 0.05) is 16.8 Å². The molecule has 172 valence electrons. The zero-order valence-electron chi connectivity index (χ0n) is 18.1. The summed E-state index contributed by atoms with van der Waals surface area (Å²) >= 11 is 0. The molecule has 0 radical (unpaired) electrons. The van der Waals surface area contributed by atoms with Gasteiger partial charge in [0.2, 0.25) is 0 Å². The molecule has 1 heterocycles. The number of aliphatic carboxylic acids is 1. The molecule has 3 N–H and O–H groups in total. The van der Waals surface area contributed by atoms with Crippen LogP contribution in [0.4, 0.5) is 5.69 Å². The molecule has 2 aliphatic rings. The van der Waals surface area contributed by atoms with Gasteiger partial charge in [-0.1, -0.05) is 24.3 Å². The number of hydrogen-bond acceptors (Lipinski definition) is 5. The fraction of sp³-hybridized carbons (Fsp3) is 0.192. The van der Waals surface area contributed by atoms with E-state index in [-0.39, 0.29) is 11.8 Å². The first-order valence-electron chi connectivity index (χ1n) is 10.9. The molecule has 0 aromatic heterocycles. The van der Waals surface area contributed by atoms with Gasteiger partial charge in [-0.2, -0.15) is 0 Å². The molecule has 0 bridgehead atoms. The van der Waals surface area contributed by atoms with Crippen molar-refractivity contribution in [2.75, 3.05) is 18.5 Å². The van der Waals surface area contributed by atoms with Crippen molar-refractivity contribution >= 4 is 23.5 Å². The Balaban J connectivity index is 1.26. The van der Waals surface area contributed by atoms with Crippen molar-refractivity contribution < 1.29 is 29.0 Å². The van der Waals surface area contributed by atoms with Gasteiger partial charge >= 0.3 is 5.97 Å². The number of carbonyl (C=O) groups excluding carboxylic acids is 2. The molecular formula is C26H22N2O6. The molecule has 2 amide bonds. The first-order valence-corrected chi connectivity index (χ1v) is 10.9. The zero-order valence-corrected chi connectivity index (χ0v) is 18.1. The largest absolute Gasteiger partial charge is 0.486 e. The van der Waals surface area contributed by atoms with E-state index in [1.807, 2.05) is 24.3 Å². The second kappa shape index (κ2) is 8.90. The summed E-state index contributed by atoms with van der Waals surface area (Å²) in [4.78, 5) is 37.2. The van der Waals surface area contributed by atoms with Gasteiger partial charge in [0.05, 0.1) is 12.0 Å². The predicted molar refractivity (Wildman–Crippen MR) is 123 cm³/mol. The highest BCUT2D eigenvalue weighted by atomic mass is 16.6. The highest BCUT2D eigenvalue weighted by molar-refractivity contribution is 6.05. The van der Waals surface area contributed by atoms with Gasteiger partial charge in [0.15, 0.2) is 11.5 Å². The SMILES string of the molecule is O=C(Nc1ccc(C(=O)N[C@@H]2c3ccccc3C[C@@H]2C(=O)O)cc1)c1ccc2c(c1)OCCO2. The number of amides is 2. The summed E-state index contributed by atoms with van der Waals surface area (Å²) in [6, 6.07) is 18.2. The Morgan fingerprint density at radius 3 is 2.29 bits per heavy atom. The van der Waals surface area contributed by atoms with Crippen molar-refractivity contribution in [2.24, 2.45) is 5.92 Å². The molecule has 3 aromatic carbocycles. The Hall–Kier alpha value is -4.33. The summed E-state index contributed by atoms with van der Waals surface area (Å²) in [6.45, 7) is 0.907. The molecule has 0 spiro atoms. The molecule has 0 saturated carbocycles. The van der Waals surface area contributed by atoms with Crippen LogP contribution < -0.4 is 20.1 Å². The topological polar surface area (TPSA) is 114 Å². The van der Waals surface area contributed by atoms with Crippen molar-refractivity contribution in [2.45, 2.75) is 12.5 Å². The molecule has 2 atom stereocenters. The van der Waals surface area contributed by atoms with Crippen LogP contribution in [-0.2, 0) is 11.2 Å². The molecule has 8 heteroatoms. The van der Waals surface area contributed by atoms with Crippen LogP contribution in [-0.4, -0.2) is 36.1 Å². The quantitative estimate of drug-likeness (QED) is 0.540. The van der Waals surface area contributed by atoms with Gasteiger partial charge in [-0.25, -0.2) is 0 Å². The third-order valence-electron chi connectivity index (χ3n) is 6.05. The van der Waals surface area contributed by atoms with Crippen molar-refractivity contribution in [1.82, 2.24) is 5.32 Å². The van der Waals surface area contributed by atoms with E-state index in [9.17, 15) is 19.5 Å². The molecule has 1 aliphatic heterocycles. The maximum absolute atomic E-state index is 12.9. The fourth-order valence-electron chi connectivity index (χ4n) is 4.32. The van der Waals surface area contributed by atoms with Gasteiger partial charge in [0.1, 0.15) is 13.2 Å². The van der Waals surface area contributed by atoms with Crippen LogP contribution in [0, 0.1) is 5.92 Å². The zero-order chi connectivity index (χ0) is 23.7. The van der Waals surface area contributed by atoms with E-state index >= 15 is 0 Å². The first-order chi connectivity index (χ1) is 16.5. The summed E-state index contributed by atoms with van der Waals surface area (Å²) in [5.74, 6) is -1.23. The number of nitrogens with one attached hydrogen (secondary N) is 2. The highest BCUT2D eigenvalue weighted by Crippen LogP contribution is 2.36. The minimum absolute atomic E-state index is 0.318. The molecule has 34 heavy (non-hydrogen) atoms.